The fraction of sp³-hybridized carbons (Fsp3) is 0.312. The molecule has 1 N–H and O–H groups in total. The number of halogens is 1. The number of carbonyl (C=O) groups is 1. The van der Waals surface area contributed by atoms with Crippen LogP contribution in [0, 0.1) is 5.82 Å². The second-order valence-corrected chi connectivity index (χ2v) is 6.18. The van der Waals surface area contributed by atoms with Gasteiger partial charge in [0.25, 0.3) is 0 Å². The van der Waals surface area contributed by atoms with Crippen molar-refractivity contribution in [2.24, 2.45) is 0 Å². The van der Waals surface area contributed by atoms with Gasteiger partial charge in [0.2, 0.25) is 0 Å². The molecule has 2 atom stereocenters. The maximum Gasteiger partial charge on any atom is 0.320 e. The first-order valence-electron chi connectivity index (χ1n) is 6.94. The first kappa shape index (κ1) is 14.2. The van der Waals surface area contributed by atoms with E-state index >= 15 is 0 Å². The maximum atomic E-state index is 13.2. The van der Waals surface area contributed by atoms with Crippen LogP contribution in [0.15, 0.2) is 41.8 Å². The van der Waals surface area contributed by atoms with Crippen LogP contribution in [0.4, 0.5) is 4.39 Å². The van der Waals surface area contributed by atoms with E-state index in [-0.39, 0.29) is 11.9 Å². The Labute approximate surface area is 126 Å². The summed E-state index contributed by atoms with van der Waals surface area (Å²) < 4.78 is 13.2. The normalized spacial score (nSPS) is 20.5. The van der Waals surface area contributed by atoms with Crippen LogP contribution in [0.5, 0.6) is 0 Å². The summed E-state index contributed by atoms with van der Waals surface area (Å²) in [4.78, 5) is 14.6. The molecule has 3 nitrogen and oxygen atoms in total. The van der Waals surface area contributed by atoms with Crippen LogP contribution in [-0.2, 0) is 4.79 Å². The highest BCUT2D eigenvalue weighted by Gasteiger charge is 2.37. The van der Waals surface area contributed by atoms with Crippen LogP contribution in [-0.4, -0.2) is 28.6 Å². The van der Waals surface area contributed by atoms with E-state index in [1.54, 1.807) is 23.5 Å². The van der Waals surface area contributed by atoms with Crippen molar-refractivity contribution in [1.29, 1.82) is 0 Å². The molecule has 2 aromatic rings. The predicted octanol–water partition coefficient (Wildman–Crippen LogP) is 3.53. The van der Waals surface area contributed by atoms with E-state index in [4.69, 9.17) is 0 Å². The average Bonchev–Trinajstić information content (AvgIpc) is 3.13. The van der Waals surface area contributed by atoms with Crippen molar-refractivity contribution in [3.8, 4) is 0 Å². The van der Waals surface area contributed by atoms with Crippen LogP contribution in [0.3, 0.4) is 0 Å². The second kappa shape index (κ2) is 5.95. The van der Waals surface area contributed by atoms with E-state index in [2.05, 4.69) is 0 Å². The molecule has 0 saturated carbocycles. The van der Waals surface area contributed by atoms with Gasteiger partial charge in [-0.2, -0.15) is 0 Å². The van der Waals surface area contributed by atoms with Gasteiger partial charge in [-0.3, -0.25) is 9.69 Å². The van der Waals surface area contributed by atoms with Crippen molar-refractivity contribution in [1.82, 2.24) is 4.90 Å². The molecule has 2 heterocycles. The molecule has 110 valence electrons. The molecule has 2 unspecified atom stereocenters. The van der Waals surface area contributed by atoms with Gasteiger partial charge in [0.05, 0.1) is 6.04 Å². The molecule has 0 aliphatic carbocycles. The fourth-order valence-corrected chi connectivity index (χ4v) is 3.85. The van der Waals surface area contributed by atoms with Crippen LogP contribution in [0.1, 0.15) is 29.3 Å². The molecule has 0 amide bonds. The molecule has 1 aliphatic heterocycles. The number of hydrogen-bond donors (Lipinski definition) is 1. The molecule has 1 aromatic heterocycles. The summed E-state index contributed by atoms with van der Waals surface area (Å²) in [7, 11) is 0. The lowest BCUT2D eigenvalue weighted by molar-refractivity contribution is -0.142. The van der Waals surface area contributed by atoms with E-state index in [9.17, 15) is 14.3 Å². The van der Waals surface area contributed by atoms with E-state index in [0.717, 1.165) is 23.4 Å². The molecule has 1 fully saturated rings. The number of likely N-dealkylation sites (tertiary alicyclic amines) is 1. The lowest BCUT2D eigenvalue weighted by atomic mass is 10.0. The van der Waals surface area contributed by atoms with Crippen molar-refractivity contribution in [3.05, 3.63) is 58.0 Å². The molecular formula is C16H16FNO2S. The molecule has 5 heteroatoms. The first-order valence-corrected chi connectivity index (χ1v) is 7.82. The Morgan fingerprint density at radius 3 is 2.71 bits per heavy atom. The number of hydrogen-bond acceptors (Lipinski definition) is 3. The van der Waals surface area contributed by atoms with Gasteiger partial charge < -0.3 is 5.11 Å². The summed E-state index contributed by atoms with van der Waals surface area (Å²) in [5, 5.41) is 11.4. The monoisotopic (exact) mass is 305 g/mol. The smallest absolute Gasteiger partial charge is 0.320 e. The third-order valence-corrected chi connectivity index (χ3v) is 4.83. The third kappa shape index (κ3) is 2.84. The lowest BCUT2D eigenvalue weighted by Crippen LogP contribution is -2.39. The quantitative estimate of drug-likeness (QED) is 0.939. The highest BCUT2D eigenvalue weighted by Crippen LogP contribution is 2.36. The molecule has 21 heavy (non-hydrogen) atoms. The number of nitrogens with zero attached hydrogens (tertiary/aromatic N) is 1. The first-order chi connectivity index (χ1) is 10.2. The summed E-state index contributed by atoms with van der Waals surface area (Å²) >= 11 is 1.60. The molecule has 1 aliphatic rings. The fourth-order valence-electron chi connectivity index (χ4n) is 2.97. The SMILES string of the molecule is O=C(O)C1CCCN1C(c1ccc(F)cc1)c1cccs1. The van der Waals surface area contributed by atoms with E-state index < -0.39 is 12.0 Å². The summed E-state index contributed by atoms with van der Waals surface area (Å²) in [5.41, 5.74) is 0.937. The van der Waals surface area contributed by atoms with Gasteiger partial charge in [-0.15, -0.1) is 11.3 Å². The van der Waals surface area contributed by atoms with Gasteiger partial charge in [-0.05, 0) is 42.0 Å². The maximum absolute atomic E-state index is 13.2. The molecule has 0 spiro atoms. The highest BCUT2D eigenvalue weighted by molar-refractivity contribution is 7.10. The molecule has 1 aromatic carbocycles. The minimum atomic E-state index is -0.781. The van der Waals surface area contributed by atoms with E-state index in [1.807, 2.05) is 22.4 Å². The lowest BCUT2D eigenvalue weighted by Gasteiger charge is -2.31. The molecule has 0 bridgehead atoms. The number of aliphatic carboxylic acids is 1. The Morgan fingerprint density at radius 1 is 1.33 bits per heavy atom. The van der Waals surface area contributed by atoms with Crippen molar-refractivity contribution >= 4 is 17.3 Å². The number of benzene rings is 1. The van der Waals surface area contributed by atoms with Crippen LogP contribution in [0.2, 0.25) is 0 Å². The standard InChI is InChI=1S/C16H16FNO2S/c17-12-7-5-11(6-8-12)15(14-4-2-10-21-14)18-9-1-3-13(18)16(19)20/h2,4-8,10,13,15H,1,3,9H2,(H,19,20). The van der Waals surface area contributed by atoms with Crippen LogP contribution < -0.4 is 0 Å². The third-order valence-electron chi connectivity index (χ3n) is 3.91. The molecule has 0 radical (unpaired) electrons. The van der Waals surface area contributed by atoms with E-state index in [1.165, 1.54) is 12.1 Å². The predicted molar refractivity (Wildman–Crippen MR) is 79.9 cm³/mol. The Balaban J connectivity index is 2.00. The van der Waals surface area contributed by atoms with Crippen molar-refractivity contribution in [2.75, 3.05) is 6.54 Å². The van der Waals surface area contributed by atoms with Gasteiger partial charge in [0.1, 0.15) is 11.9 Å². The van der Waals surface area contributed by atoms with Crippen molar-refractivity contribution < 1.29 is 14.3 Å². The van der Waals surface area contributed by atoms with E-state index in [0.29, 0.717) is 6.42 Å². The number of carboxylic acid groups (broad SMARTS) is 1. The molecule has 3 rings (SSSR count). The topological polar surface area (TPSA) is 40.5 Å². The summed E-state index contributed by atoms with van der Waals surface area (Å²) in [6.45, 7) is 0.747. The zero-order chi connectivity index (χ0) is 14.8. The zero-order valence-electron chi connectivity index (χ0n) is 11.4. The summed E-state index contributed by atoms with van der Waals surface area (Å²) in [5.74, 6) is -1.06. The zero-order valence-corrected chi connectivity index (χ0v) is 12.2. The van der Waals surface area contributed by atoms with Gasteiger partial charge in [0.15, 0.2) is 0 Å². The van der Waals surface area contributed by atoms with Crippen LogP contribution >= 0.6 is 11.3 Å². The highest BCUT2D eigenvalue weighted by atomic mass is 32.1. The molecular weight excluding hydrogens is 289 g/mol. The Kier molecular flexibility index (Phi) is 4.03. The largest absolute Gasteiger partial charge is 0.480 e. The Hall–Kier alpha value is -1.72. The molecule has 1 saturated heterocycles. The van der Waals surface area contributed by atoms with Gasteiger partial charge in [-0.1, -0.05) is 18.2 Å². The van der Waals surface area contributed by atoms with Crippen molar-refractivity contribution in [3.63, 3.8) is 0 Å². The van der Waals surface area contributed by atoms with Gasteiger partial charge in [0, 0.05) is 11.4 Å². The summed E-state index contributed by atoms with van der Waals surface area (Å²) in [6, 6.07) is 9.74. The minimum absolute atomic E-state index is 0.116. The number of carboxylic acids is 1. The Bertz CT molecular complexity index is 612. The minimum Gasteiger partial charge on any atom is -0.480 e. The average molecular weight is 305 g/mol. The summed E-state index contributed by atoms with van der Waals surface area (Å²) in [6.07, 6.45) is 1.54. The Morgan fingerprint density at radius 2 is 2.10 bits per heavy atom. The second-order valence-electron chi connectivity index (χ2n) is 5.20. The number of thiophene rings is 1. The number of rotatable bonds is 4. The van der Waals surface area contributed by atoms with Gasteiger partial charge >= 0.3 is 5.97 Å². The van der Waals surface area contributed by atoms with Gasteiger partial charge in [-0.25, -0.2) is 4.39 Å². The van der Waals surface area contributed by atoms with Crippen molar-refractivity contribution in [2.45, 2.75) is 24.9 Å². The van der Waals surface area contributed by atoms with Crippen LogP contribution in [0.25, 0.3) is 0 Å².